The molecule has 7 aromatic rings. The molecular weight excluding hydrogens is 804 g/mol. The lowest BCUT2D eigenvalue weighted by atomic mass is 10.1. The zero-order valence-corrected chi connectivity index (χ0v) is 36.7. The third-order valence-electron chi connectivity index (χ3n) is 10.0. The minimum atomic E-state index is -4.33. The van der Waals surface area contributed by atoms with Gasteiger partial charge in [0.2, 0.25) is 0 Å². The van der Waals surface area contributed by atoms with E-state index in [-0.39, 0.29) is 18.3 Å². The van der Waals surface area contributed by atoms with Crippen molar-refractivity contribution in [1.29, 1.82) is 0 Å². The van der Waals surface area contributed by atoms with Crippen LogP contribution in [0.15, 0.2) is 169 Å². The van der Waals surface area contributed by atoms with Gasteiger partial charge >= 0.3 is 6.18 Å². The summed E-state index contributed by atoms with van der Waals surface area (Å²) in [7, 11) is 5.79. The van der Waals surface area contributed by atoms with Gasteiger partial charge in [0.15, 0.2) is 0 Å². The number of hydrogen-bond donors (Lipinski definition) is 3. The van der Waals surface area contributed by atoms with Crippen LogP contribution in [0.1, 0.15) is 64.7 Å². The fourth-order valence-electron chi connectivity index (χ4n) is 6.66. The van der Waals surface area contributed by atoms with Gasteiger partial charge in [0.05, 0.1) is 5.56 Å². The first-order valence-electron chi connectivity index (χ1n) is 21.0. The quantitative estimate of drug-likeness (QED) is 0.0799. The molecular formula is C52H58F3N3O3S. The first-order valence-corrected chi connectivity index (χ1v) is 21.9. The minimum Gasteiger partial charge on any atom is -0.486 e. The average molecular weight is 862 g/mol. The summed E-state index contributed by atoms with van der Waals surface area (Å²) in [6.45, 7) is 4.70. The lowest BCUT2D eigenvalue weighted by molar-refractivity contribution is -0.137. The maximum atomic E-state index is 12.6. The topological polar surface area (TPSA) is 63.8 Å². The van der Waals surface area contributed by atoms with Gasteiger partial charge in [0.1, 0.15) is 35.6 Å². The monoisotopic (exact) mass is 861 g/mol. The maximum absolute atomic E-state index is 12.6. The molecule has 0 aliphatic carbocycles. The van der Waals surface area contributed by atoms with Crippen LogP contribution in [0.25, 0.3) is 10.8 Å². The second-order valence-electron chi connectivity index (χ2n) is 14.6. The van der Waals surface area contributed by atoms with Crippen molar-refractivity contribution in [3.05, 3.63) is 196 Å². The highest BCUT2D eigenvalue weighted by molar-refractivity contribution is 7.10. The van der Waals surface area contributed by atoms with Crippen LogP contribution in [0, 0.1) is 6.92 Å². The van der Waals surface area contributed by atoms with Gasteiger partial charge in [-0.05, 0) is 118 Å². The van der Waals surface area contributed by atoms with Gasteiger partial charge in [0, 0.05) is 29.5 Å². The van der Waals surface area contributed by atoms with Crippen molar-refractivity contribution in [3.8, 4) is 17.2 Å². The van der Waals surface area contributed by atoms with Crippen molar-refractivity contribution in [1.82, 2.24) is 16.0 Å². The molecule has 7 rings (SSSR count). The number of fused-ring (bicyclic) bond motifs is 1. The van der Waals surface area contributed by atoms with Crippen LogP contribution in [-0.4, -0.2) is 40.8 Å². The van der Waals surface area contributed by atoms with Crippen LogP contribution >= 0.6 is 11.3 Å². The lowest BCUT2D eigenvalue weighted by Crippen LogP contribution is -2.16. The molecule has 6 nitrogen and oxygen atoms in total. The van der Waals surface area contributed by atoms with E-state index < -0.39 is 11.7 Å². The molecule has 10 heteroatoms. The van der Waals surface area contributed by atoms with Crippen molar-refractivity contribution in [2.75, 3.05) is 40.8 Å². The molecule has 3 N–H and O–H groups in total. The summed E-state index contributed by atoms with van der Waals surface area (Å²) in [4.78, 5) is 1.28. The fraction of sp³-hybridized carbons (Fsp3) is 0.269. The van der Waals surface area contributed by atoms with Crippen LogP contribution < -0.4 is 30.2 Å². The summed E-state index contributed by atoms with van der Waals surface area (Å²) in [5.41, 5.74) is 2.72. The van der Waals surface area contributed by atoms with Gasteiger partial charge in [-0.3, -0.25) is 0 Å². The van der Waals surface area contributed by atoms with Crippen molar-refractivity contribution in [3.63, 3.8) is 0 Å². The van der Waals surface area contributed by atoms with E-state index in [9.17, 15) is 13.2 Å². The Morgan fingerprint density at radius 3 is 1.56 bits per heavy atom. The van der Waals surface area contributed by atoms with Crippen LogP contribution in [-0.2, 0) is 6.18 Å². The second kappa shape index (κ2) is 25.3. The molecule has 3 atom stereocenters. The Morgan fingerprint density at radius 2 is 1.00 bits per heavy atom. The molecule has 0 bridgehead atoms. The summed E-state index contributed by atoms with van der Waals surface area (Å²) >= 11 is 1.75. The van der Waals surface area contributed by atoms with E-state index in [0.717, 1.165) is 68.1 Å². The van der Waals surface area contributed by atoms with E-state index in [1.165, 1.54) is 38.9 Å². The molecule has 0 amide bonds. The normalized spacial score (nSPS) is 12.5. The van der Waals surface area contributed by atoms with Crippen LogP contribution in [0.2, 0.25) is 0 Å². The number of para-hydroxylation sites is 1. The summed E-state index contributed by atoms with van der Waals surface area (Å²) in [6, 6.07) is 51.8. The van der Waals surface area contributed by atoms with Crippen LogP contribution in [0.5, 0.6) is 17.2 Å². The number of alkyl halides is 3. The Morgan fingerprint density at radius 1 is 0.500 bits per heavy atom. The summed E-state index contributed by atoms with van der Waals surface area (Å²) < 4.78 is 56.1. The van der Waals surface area contributed by atoms with E-state index in [1.54, 1.807) is 11.3 Å². The van der Waals surface area contributed by atoms with Gasteiger partial charge < -0.3 is 30.2 Å². The molecule has 0 fully saturated rings. The lowest BCUT2D eigenvalue weighted by Gasteiger charge is -2.20. The number of rotatable bonds is 18. The van der Waals surface area contributed by atoms with Gasteiger partial charge in [-0.25, -0.2) is 0 Å². The summed E-state index contributed by atoms with van der Waals surface area (Å²) in [5, 5.41) is 13.9. The third kappa shape index (κ3) is 15.1. The van der Waals surface area contributed by atoms with Gasteiger partial charge in [-0.15, -0.1) is 11.3 Å². The fourth-order valence-corrected chi connectivity index (χ4v) is 7.45. The van der Waals surface area contributed by atoms with E-state index in [4.69, 9.17) is 14.2 Å². The van der Waals surface area contributed by atoms with Crippen molar-refractivity contribution < 1.29 is 27.4 Å². The molecule has 0 spiro atoms. The van der Waals surface area contributed by atoms with Crippen molar-refractivity contribution in [2.24, 2.45) is 0 Å². The molecule has 2 unspecified atom stereocenters. The SMILES string of the molecule is CNCCC(Oc1ccc(C(F)(F)F)cc1)c1ccccc1.CNCCC(Oc1ccccc1C)c1ccccc1.CNCC[C@H](Oc1cccc2ccccc12)c1cccs1. The number of thiophene rings is 1. The Kier molecular flexibility index (Phi) is 19.4. The molecule has 1 aromatic heterocycles. The highest BCUT2D eigenvalue weighted by Crippen LogP contribution is 2.34. The maximum Gasteiger partial charge on any atom is 0.416 e. The molecule has 0 saturated carbocycles. The largest absolute Gasteiger partial charge is 0.486 e. The van der Waals surface area contributed by atoms with Gasteiger partial charge in [-0.2, -0.15) is 13.2 Å². The number of nitrogens with one attached hydrogen (secondary N) is 3. The molecule has 1 heterocycles. The number of aryl methyl sites for hydroxylation is 1. The van der Waals surface area contributed by atoms with E-state index in [2.05, 4.69) is 113 Å². The molecule has 326 valence electrons. The standard InChI is InChI=1S/C18H19NOS.C17H18F3NO.C17H21NO/c1-19-12-11-17(18-10-5-13-21-18)20-16-9-4-7-14-6-2-3-8-15(14)16;1-21-12-11-16(13-5-3-2-4-6-13)22-15-9-7-14(8-10-15)17(18,19)20;1-14-8-6-7-11-16(14)19-17(12-13-18-2)15-9-4-3-5-10-15/h2-10,13,17,19H,11-12H2,1H3;2-10,16,21H,11-12H2,1H3;3-11,17-18H,12-13H2,1-2H3/t17-;;/m0../s1. The Bertz CT molecular complexity index is 2270. The van der Waals surface area contributed by atoms with E-state index in [0.29, 0.717) is 5.75 Å². The number of halogens is 3. The first-order chi connectivity index (χ1) is 30.2. The predicted octanol–water partition coefficient (Wildman–Crippen LogP) is 12.8. The van der Waals surface area contributed by atoms with Gasteiger partial charge in [0.25, 0.3) is 0 Å². The molecule has 62 heavy (non-hydrogen) atoms. The molecule has 0 aliphatic heterocycles. The summed E-state index contributed by atoms with van der Waals surface area (Å²) in [5.74, 6) is 2.35. The molecule has 0 radical (unpaired) electrons. The van der Waals surface area contributed by atoms with Crippen molar-refractivity contribution >= 4 is 22.1 Å². The third-order valence-corrected chi connectivity index (χ3v) is 11.0. The van der Waals surface area contributed by atoms with E-state index >= 15 is 0 Å². The zero-order chi connectivity index (χ0) is 44.0. The number of benzene rings is 6. The van der Waals surface area contributed by atoms with Crippen molar-refractivity contribution in [2.45, 2.75) is 50.7 Å². The molecule has 6 aromatic carbocycles. The Hall–Kier alpha value is -5.65. The molecule has 0 aliphatic rings. The predicted molar refractivity (Wildman–Crippen MR) is 250 cm³/mol. The average Bonchev–Trinajstić information content (AvgIpc) is 3.85. The Balaban J connectivity index is 0.000000176. The van der Waals surface area contributed by atoms with Crippen LogP contribution in [0.4, 0.5) is 13.2 Å². The second-order valence-corrected chi connectivity index (χ2v) is 15.6. The smallest absolute Gasteiger partial charge is 0.416 e. The number of hydrogen-bond acceptors (Lipinski definition) is 7. The van der Waals surface area contributed by atoms with Crippen LogP contribution in [0.3, 0.4) is 0 Å². The number of ether oxygens (including phenoxy) is 3. The molecule has 0 saturated heterocycles. The zero-order valence-electron chi connectivity index (χ0n) is 35.9. The Labute approximate surface area is 369 Å². The minimum absolute atomic E-state index is 0.0924. The first kappa shape index (κ1) is 47.4. The summed E-state index contributed by atoms with van der Waals surface area (Å²) in [6.07, 6.45) is -1.71. The highest BCUT2D eigenvalue weighted by Gasteiger charge is 2.30. The highest BCUT2D eigenvalue weighted by atomic mass is 32.1. The van der Waals surface area contributed by atoms with E-state index in [1.807, 2.05) is 75.7 Å². The van der Waals surface area contributed by atoms with Gasteiger partial charge in [-0.1, -0.05) is 121 Å².